The molecule has 4 unspecified atom stereocenters. The summed E-state index contributed by atoms with van der Waals surface area (Å²) < 4.78 is 0. The van der Waals surface area contributed by atoms with Crippen LogP contribution in [-0.4, -0.2) is 13.1 Å². The highest BCUT2D eigenvalue weighted by atomic mass is 14.9. The molecule has 0 radical (unpaired) electrons. The Balaban J connectivity index is 2.07. The van der Waals surface area contributed by atoms with Gasteiger partial charge in [-0.1, -0.05) is 20.3 Å². The van der Waals surface area contributed by atoms with Crippen molar-refractivity contribution in [2.45, 2.75) is 26.7 Å². The lowest BCUT2D eigenvalue weighted by Crippen LogP contribution is -2.41. The van der Waals surface area contributed by atoms with E-state index in [1.807, 2.05) is 0 Å². The minimum absolute atomic E-state index is 0.929. The van der Waals surface area contributed by atoms with Crippen LogP contribution in [0.25, 0.3) is 0 Å². The maximum atomic E-state index is 3.54. The number of hydrogen-bond acceptors (Lipinski definition) is 1. The van der Waals surface area contributed by atoms with Crippen LogP contribution in [0.3, 0.4) is 0 Å². The monoisotopic (exact) mass is 153 g/mol. The molecule has 0 aromatic carbocycles. The van der Waals surface area contributed by atoms with E-state index in [1.165, 1.54) is 25.9 Å². The zero-order valence-electron chi connectivity index (χ0n) is 7.64. The first kappa shape index (κ1) is 7.60. The molecule has 1 saturated heterocycles. The SMILES string of the molecule is CC1CNCC2C(C)CCC12. The molecular weight excluding hydrogens is 134 g/mol. The molecule has 64 valence electrons. The van der Waals surface area contributed by atoms with E-state index in [1.54, 1.807) is 0 Å². The van der Waals surface area contributed by atoms with Gasteiger partial charge in [0.05, 0.1) is 0 Å². The highest BCUT2D eigenvalue weighted by molar-refractivity contribution is 4.90. The predicted molar refractivity (Wildman–Crippen MR) is 47.4 cm³/mol. The molecule has 1 heterocycles. The van der Waals surface area contributed by atoms with Crippen LogP contribution in [0.1, 0.15) is 26.7 Å². The normalized spacial score (nSPS) is 50.7. The van der Waals surface area contributed by atoms with Crippen molar-refractivity contribution < 1.29 is 0 Å². The van der Waals surface area contributed by atoms with Crippen LogP contribution in [0.5, 0.6) is 0 Å². The molecule has 2 rings (SSSR count). The van der Waals surface area contributed by atoms with Crippen LogP contribution < -0.4 is 5.32 Å². The predicted octanol–water partition coefficient (Wildman–Crippen LogP) is 1.89. The van der Waals surface area contributed by atoms with Crippen molar-refractivity contribution >= 4 is 0 Å². The zero-order valence-corrected chi connectivity index (χ0v) is 7.64. The van der Waals surface area contributed by atoms with E-state index in [-0.39, 0.29) is 0 Å². The van der Waals surface area contributed by atoms with E-state index in [0.29, 0.717) is 0 Å². The van der Waals surface area contributed by atoms with Crippen LogP contribution in [0, 0.1) is 23.7 Å². The van der Waals surface area contributed by atoms with Gasteiger partial charge in [0.15, 0.2) is 0 Å². The molecule has 0 bridgehead atoms. The van der Waals surface area contributed by atoms with Gasteiger partial charge in [0.25, 0.3) is 0 Å². The van der Waals surface area contributed by atoms with E-state index < -0.39 is 0 Å². The lowest BCUT2D eigenvalue weighted by molar-refractivity contribution is 0.190. The van der Waals surface area contributed by atoms with Gasteiger partial charge in [0, 0.05) is 0 Å². The Labute approximate surface area is 69.6 Å². The van der Waals surface area contributed by atoms with Gasteiger partial charge in [-0.15, -0.1) is 0 Å². The summed E-state index contributed by atoms with van der Waals surface area (Å²) in [6.07, 6.45) is 2.97. The van der Waals surface area contributed by atoms with Crippen LogP contribution in [0.2, 0.25) is 0 Å². The van der Waals surface area contributed by atoms with Gasteiger partial charge in [0.1, 0.15) is 0 Å². The number of piperidine rings is 1. The van der Waals surface area contributed by atoms with Crippen molar-refractivity contribution in [3.05, 3.63) is 0 Å². The molecule has 11 heavy (non-hydrogen) atoms. The van der Waals surface area contributed by atoms with E-state index in [9.17, 15) is 0 Å². The minimum atomic E-state index is 0.929. The van der Waals surface area contributed by atoms with Crippen LogP contribution >= 0.6 is 0 Å². The largest absolute Gasteiger partial charge is 0.316 e. The van der Waals surface area contributed by atoms with Crippen molar-refractivity contribution in [2.24, 2.45) is 23.7 Å². The first-order chi connectivity index (χ1) is 5.29. The quantitative estimate of drug-likeness (QED) is 0.560. The Morgan fingerprint density at radius 2 is 1.73 bits per heavy atom. The molecule has 0 aromatic rings. The first-order valence-corrected chi connectivity index (χ1v) is 4.99. The van der Waals surface area contributed by atoms with Crippen molar-refractivity contribution in [1.82, 2.24) is 5.32 Å². The Hall–Kier alpha value is -0.0400. The average molecular weight is 153 g/mol. The third-order valence-corrected chi connectivity index (χ3v) is 3.81. The molecule has 1 N–H and O–H groups in total. The number of hydrogen-bond donors (Lipinski definition) is 1. The highest BCUT2D eigenvalue weighted by Crippen LogP contribution is 2.42. The zero-order chi connectivity index (χ0) is 7.84. The summed E-state index contributed by atoms with van der Waals surface area (Å²) in [7, 11) is 0. The molecular formula is C10H19N. The summed E-state index contributed by atoms with van der Waals surface area (Å²) in [6.45, 7) is 7.37. The molecule has 0 amide bonds. The van der Waals surface area contributed by atoms with E-state index in [2.05, 4.69) is 19.2 Å². The Morgan fingerprint density at radius 1 is 0.909 bits per heavy atom. The second-order valence-corrected chi connectivity index (χ2v) is 4.52. The van der Waals surface area contributed by atoms with Gasteiger partial charge in [-0.25, -0.2) is 0 Å². The summed E-state index contributed by atoms with van der Waals surface area (Å²) >= 11 is 0. The van der Waals surface area contributed by atoms with Crippen LogP contribution in [0.4, 0.5) is 0 Å². The fourth-order valence-electron chi connectivity index (χ4n) is 2.99. The second-order valence-electron chi connectivity index (χ2n) is 4.52. The topological polar surface area (TPSA) is 12.0 Å². The maximum Gasteiger partial charge on any atom is -0.00151 e. The number of rotatable bonds is 0. The van der Waals surface area contributed by atoms with Gasteiger partial charge in [0.2, 0.25) is 0 Å². The molecule has 1 nitrogen and oxygen atoms in total. The Bertz CT molecular complexity index is 142. The fourth-order valence-corrected chi connectivity index (χ4v) is 2.99. The third kappa shape index (κ3) is 1.20. The van der Waals surface area contributed by atoms with Crippen LogP contribution in [-0.2, 0) is 0 Å². The van der Waals surface area contributed by atoms with Gasteiger partial charge in [-0.3, -0.25) is 0 Å². The van der Waals surface area contributed by atoms with Gasteiger partial charge >= 0.3 is 0 Å². The molecule has 1 aliphatic heterocycles. The molecule has 0 aromatic heterocycles. The number of nitrogens with one attached hydrogen (secondary N) is 1. The summed E-state index contributed by atoms with van der Waals surface area (Å²) in [4.78, 5) is 0. The summed E-state index contributed by atoms with van der Waals surface area (Å²) in [5.41, 5.74) is 0. The number of fused-ring (bicyclic) bond motifs is 1. The summed E-state index contributed by atoms with van der Waals surface area (Å²) in [6, 6.07) is 0. The Kier molecular flexibility index (Phi) is 1.92. The summed E-state index contributed by atoms with van der Waals surface area (Å²) in [5, 5.41) is 3.54. The molecule has 2 aliphatic rings. The molecule has 2 fully saturated rings. The Morgan fingerprint density at radius 3 is 2.45 bits per heavy atom. The minimum Gasteiger partial charge on any atom is -0.316 e. The molecule has 1 heteroatoms. The van der Waals surface area contributed by atoms with Gasteiger partial charge in [-0.05, 0) is 43.2 Å². The highest BCUT2D eigenvalue weighted by Gasteiger charge is 2.38. The molecule has 0 spiro atoms. The third-order valence-electron chi connectivity index (χ3n) is 3.81. The average Bonchev–Trinajstić information content (AvgIpc) is 2.35. The van der Waals surface area contributed by atoms with E-state index in [0.717, 1.165) is 23.7 Å². The van der Waals surface area contributed by atoms with Crippen molar-refractivity contribution in [3.63, 3.8) is 0 Å². The first-order valence-electron chi connectivity index (χ1n) is 4.99. The lowest BCUT2D eigenvalue weighted by Gasteiger charge is -2.33. The summed E-state index contributed by atoms with van der Waals surface area (Å²) in [5.74, 6) is 3.96. The van der Waals surface area contributed by atoms with Gasteiger partial charge < -0.3 is 5.32 Å². The van der Waals surface area contributed by atoms with Crippen LogP contribution in [0.15, 0.2) is 0 Å². The second kappa shape index (κ2) is 2.78. The van der Waals surface area contributed by atoms with E-state index >= 15 is 0 Å². The van der Waals surface area contributed by atoms with Gasteiger partial charge in [-0.2, -0.15) is 0 Å². The smallest absolute Gasteiger partial charge is 0.00151 e. The lowest BCUT2D eigenvalue weighted by atomic mass is 9.79. The van der Waals surface area contributed by atoms with Crippen molar-refractivity contribution in [3.8, 4) is 0 Å². The molecule has 1 aliphatic carbocycles. The molecule has 4 atom stereocenters. The standard InChI is InChI=1S/C10H19N/c1-7-3-4-9-8(2)5-11-6-10(7)9/h7-11H,3-6H2,1-2H3. The van der Waals surface area contributed by atoms with Crippen molar-refractivity contribution in [2.75, 3.05) is 13.1 Å². The fraction of sp³-hybridized carbons (Fsp3) is 1.00. The maximum absolute atomic E-state index is 3.54. The van der Waals surface area contributed by atoms with E-state index in [4.69, 9.17) is 0 Å². The van der Waals surface area contributed by atoms with Crippen molar-refractivity contribution in [1.29, 1.82) is 0 Å². The molecule has 1 saturated carbocycles.